The lowest BCUT2D eigenvalue weighted by atomic mass is 9.95. The van der Waals surface area contributed by atoms with Crippen LogP contribution < -0.4 is 5.32 Å². The number of hydrogen-bond acceptors (Lipinski definition) is 4. The highest BCUT2D eigenvalue weighted by atomic mass is 16.2. The van der Waals surface area contributed by atoms with E-state index in [1.54, 1.807) is 4.68 Å². The standard InChI is InChI=1S/C19H25N5O/c1-23-12-18(21-22-23)16-6-3-9-24(11-16)13-19(25)20-17-8-7-14-4-2-5-15(14)10-17/h7-8,10,12,16H,2-6,9,11,13H2,1H3,(H,20,25). The van der Waals surface area contributed by atoms with Gasteiger partial charge in [-0.1, -0.05) is 11.3 Å². The van der Waals surface area contributed by atoms with E-state index in [-0.39, 0.29) is 5.91 Å². The second-order valence-electron chi connectivity index (χ2n) is 7.28. The van der Waals surface area contributed by atoms with E-state index < -0.39 is 0 Å². The first-order chi connectivity index (χ1) is 12.2. The van der Waals surface area contributed by atoms with Gasteiger partial charge >= 0.3 is 0 Å². The van der Waals surface area contributed by atoms with Gasteiger partial charge in [-0.05, 0) is 61.9 Å². The topological polar surface area (TPSA) is 63.1 Å². The number of nitrogens with one attached hydrogen (secondary N) is 1. The van der Waals surface area contributed by atoms with E-state index in [1.165, 1.54) is 24.0 Å². The maximum atomic E-state index is 12.4. The van der Waals surface area contributed by atoms with Gasteiger partial charge in [-0.2, -0.15) is 0 Å². The molecule has 4 rings (SSSR count). The lowest BCUT2D eigenvalue weighted by molar-refractivity contribution is -0.117. The van der Waals surface area contributed by atoms with Crippen molar-refractivity contribution in [3.8, 4) is 0 Å². The highest BCUT2D eigenvalue weighted by Gasteiger charge is 2.24. The number of carbonyl (C=O) groups excluding carboxylic acids is 1. The number of hydrogen-bond donors (Lipinski definition) is 1. The molecule has 0 saturated carbocycles. The van der Waals surface area contributed by atoms with E-state index in [0.717, 1.165) is 43.7 Å². The van der Waals surface area contributed by atoms with Gasteiger partial charge in [-0.3, -0.25) is 14.4 Å². The Labute approximate surface area is 148 Å². The monoisotopic (exact) mass is 339 g/mol. The van der Waals surface area contributed by atoms with Crippen LogP contribution in [-0.2, 0) is 24.7 Å². The zero-order valence-corrected chi connectivity index (χ0v) is 14.7. The van der Waals surface area contributed by atoms with Gasteiger partial charge in [0.05, 0.1) is 12.2 Å². The molecule has 0 spiro atoms. The molecule has 1 unspecified atom stereocenters. The van der Waals surface area contributed by atoms with Crippen molar-refractivity contribution in [2.24, 2.45) is 7.05 Å². The molecule has 6 heteroatoms. The molecule has 0 bridgehead atoms. The molecule has 2 heterocycles. The fourth-order valence-electron chi connectivity index (χ4n) is 4.05. The molecule has 1 fully saturated rings. The Morgan fingerprint density at radius 2 is 2.16 bits per heavy atom. The van der Waals surface area contributed by atoms with E-state index in [1.807, 2.05) is 19.3 Å². The molecule has 2 aliphatic rings. The summed E-state index contributed by atoms with van der Waals surface area (Å²) in [7, 11) is 1.89. The minimum atomic E-state index is 0.0674. The van der Waals surface area contributed by atoms with Gasteiger partial charge in [0.25, 0.3) is 0 Å². The SMILES string of the molecule is Cn1cc(C2CCCN(CC(=O)Nc3ccc4c(c3)CCC4)C2)nn1. The summed E-state index contributed by atoms with van der Waals surface area (Å²) in [6.07, 6.45) is 7.71. The maximum Gasteiger partial charge on any atom is 0.238 e. The highest BCUT2D eigenvalue weighted by molar-refractivity contribution is 5.92. The summed E-state index contributed by atoms with van der Waals surface area (Å²) in [4.78, 5) is 14.7. The van der Waals surface area contributed by atoms with Crippen LogP contribution in [0.5, 0.6) is 0 Å². The minimum Gasteiger partial charge on any atom is -0.325 e. The molecular weight excluding hydrogens is 314 g/mol. The number of aryl methyl sites for hydroxylation is 3. The van der Waals surface area contributed by atoms with E-state index in [2.05, 4.69) is 32.7 Å². The molecule has 132 valence electrons. The van der Waals surface area contributed by atoms with Crippen molar-refractivity contribution in [1.29, 1.82) is 0 Å². The van der Waals surface area contributed by atoms with Gasteiger partial charge in [0.2, 0.25) is 5.91 Å². The first-order valence-corrected chi connectivity index (χ1v) is 9.17. The fourth-order valence-corrected chi connectivity index (χ4v) is 4.05. The number of likely N-dealkylation sites (tertiary alicyclic amines) is 1. The molecule has 1 aliphatic carbocycles. The van der Waals surface area contributed by atoms with E-state index in [9.17, 15) is 4.79 Å². The summed E-state index contributed by atoms with van der Waals surface area (Å²) in [5.41, 5.74) is 4.78. The predicted molar refractivity (Wildman–Crippen MR) is 96.5 cm³/mol. The van der Waals surface area contributed by atoms with Crippen molar-refractivity contribution >= 4 is 11.6 Å². The molecular formula is C19H25N5O. The molecule has 1 saturated heterocycles. The average Bonchev–Trinajstić information content (AvgIpc) is 3.23. The number of carbonyl (C=O) groups is 1. The van der Waals surface area contributed by atoms with Gasteiger partial charge in [0, 0.05) is 31.4 Å². The third kappa shape index (κ3) is 3.74. The summed E-state index contributed by atoms with van der Waals surface area (Å²) in [6.45, 7) is 2.28. The lowest BCUT2D eigenvalue weighted by Crippen LogP contribution is -2.39. The first-order valence-electron chi connectivity index (χ1n) is 9.17. The van der Waals surface area contributed by atoms with Crippen LogP contribution >= 0.6 is 0 Å². The zero-order valence-electron chi connectivity index (χ0n) is 14.7. The van der Waals surface area contributed by atoms with E-state index in [4.69, 9.17) is 0 Å². The van der Waals surface area contributed by atoms with Gasteiger partial charge in [0.1, 0.15) is 0 Å². The minimum absolute atomic E-state index is 0.0674. The van der Waals surface area contributed by atoms with Crippen molar-refractivity contribution in [2.75, 3.05) is 25.0 Å². The van der Waals surface area contributed by atoms with Crippen LogP contribution in [0.2, 0.25) is 0 Å². The van der Waals surface area contributed by atoms with Crippen LogP contribution in [0.25, 0.3) is 0 Å². The Bertz CT molecular complexity index is 769. The number of rotatable bonds is 4. The van der Waals surface area contributed by atoms with Gasteiger partial charge < -0.3 is 5.32 Å². The summed E-state index contributed by atoms with van der Waals surface area (Å²) in [6, 6.07) is 6.32. The third-order valence-electron chi connectivity index (χ3n) is 5.29. The maximum absolute atomic E-state index is 12.4. The van der Waals surface area contributed by atoms with Crippen LogP contribution in [0.15, 0.2) is 24.4 Å². The van der Waals surface area contributed by atoms with Crippen LogP contribution in [0.1, 0.15) is 42.0 Å². The zero-order chi connectivity index (χ0) is 17.2. The summed E-state index contributed by atoms with van der Waals surface area (Å²) < 4.78 is 1.74. The molecule has 1 amide bonds. The normalized spacial score (nSPS) is 20.4. The first kappa shape index (κ1) is 16.3. The lowest BCUT2D eigenvalue weighted by Gasteiger charge is -2.31. The van der Waals surface area contributed by atoms with Gasteiger partial charge in [-0.25, -0.2) is 0 Å². The van der Waals surface area contributed by atoms with Crippen LogP contribution in [-0.4, -0.2) is 45.4 Å². The second kappa shape index (κ2) is 6.96. The molecule has 1 N–H and O–H groups in total. The molecule has 2 aromatic rings. The van der Waals surface area contributed by atoms with E-state index in [0.29, 0.717) is 12.5 Å². The second-order valence-corrected chi connectivity index (χ2v) is 7.28. The molecule has 1 aliphatic heterocycles. The van der Waals surface area contributed by atoms with Crippen molar-refractivity contribution < 1.29 is 4.79 Å². The smallest absolute Gasteiger partial charge is 0.238 e. The Morgan fingerprint density at radius 1 is 1.28 bits per heavy atom. The van der Waals surface area contributed by atoms with E-state index >= 15 is 0 Å². The molecule has 25 heavy (non-hydrogen) atoms. The number of fused-ring (bicyclic) bond motifs is 1. The van der Waals surface area contributed by atoms with Crippen molar-refractivity contribution in [1.82, 2.24) is 19.9 Å². The number of piperidine rings is 1. The largest absolute Gasteiger partial charge is 0.325 e. The highest BCUT2D eigenvalue weighted by Crippen LogP contribution is 2.26. The summed E-state index contributed by atoms with van der Waals surface area (Å²) >= 11 is 0. The Kier molecular flexibility index (Phi) is 4.53. The van der Waals surface area contributed by atoms with Crippen LogP contribution in [0.4, 0.5) is 5.69 Å². The quantitative estimate of drug-likeness (QED) is 0.927. The van der Waals surface area contributed by atoms with Crippen molar-refractivity contribution in [3.63, 3.8) is 0 Å². The molecule has 1 aromatic heterocycles. The molecule has 1 atom stereocenters. The number of benzene rings is 1. The van der Waals surface area contributed by atoms with Crippen LogP contribution in [0.3, 0.4) is 0 Å². The van der Waals surface area contributed by atoms with Crippen molar-refractivity contribution in [3.05, 3.63) is 41.2 Å². The number of amides is 1. The number of anilines is 1. The fraction of sp³-hybridized carbons (Fsp3) is 0.526. The van der Waals surface area contributed by atoms with Crippen LogP contribution in [0, 0.1) is 0 Å². The van der Waals surface area contributed by atoms with Crippen molar-refractivity contribution in [2.45, 2.75) is 38.0 Å². The predicted octanol–water partition coefficient (Wildman–Crippen LogP) is 2.12. The Hall–Kier alpha value is -2.21. The molecule has 0 radical (unpaired) electrons. The third-order valence-corrected chi connectivity index (χ3v) is 5.29. The Balaban J connectivity index is 1.34. The van der Waals surface area contributed by atoms with Gasteiger partial charge in [0.15, 0.2) is 0 Å². The van der Waals surface area contributed by atoms with Gasteiger partial charge in [-0.15, -0.1) is 5.10 Å². The Morgan fingerprint density at radius 3 is 3.00 bits per heavy atom. The summed E-state index contributed by atoms with van der Waals surface area (Å²) in [5, 5.41) is 11.3. The number of aromatic nitrogens is 3. The molecule has 6 nitrogen and oxygen atoms in total. The number of nitrogens with zero attached hydrogens (tertiary/aromatic N) is 4. The molecule has 1 aromatic carbocycles. The average molecular weight is 339 g/mol. The summed E-state index contributed by atoms with van der Waals surface area (Å²) in [5.74, 6) is 0.438.